The second kappa shape index (κ2) is 5.40. The van der Waals surface area contributed by atoms with Crippen molar-refractivity contribution in [1.29, 1.82) is 0 Å². The number of anilines is 1. The van der Waals surface area contributed by atoms with Crippen molar-refractivity contribution in [2.24, 2.45) is 7.05 Å². The summed E-state index contributed by atoms with van der Waals surface area (Å²) in [6.45, 7) is 5.13. The van der Waals surface area contributed by atoms with Crippen LogP contribution in [-0.2, 0) is 13.6 Å². The van der Waals surface area contributed by atoms with E-state index in [0.717, 1.165) is 38.7 Å². The molecule has 0 bridgehead atoms. The van der Waals surface area contributed by atoms with Crippen LogP contribution in [0.4, 0.5) is 5.95 Å². The summed E-state index contributed by atoms with van der Waals surface area (Å²) in [5.41, 5.74) is 1.37. The van der Waals surface area contributed by atoms with E-state index in [2.05, 4.69) is 49.7 Å². The van der Waals surface area contributed by atoms with Gasteiger partial charge in [0.15, 0.2) is 0 Å². The van der Waals surface area contributed by atoms with Crippen molar-refractivity contribution in [2.75, 3.05) is 31.1 Å². The quantitative estimate of drug-likeness (QED) is 0.826. The van der Waals surface area contributed by atoms with Crippen LogP contribution in [0, 0.1) is 0 Å². The molecule has 0 atom stereocenters. The molecule has 0 unspecified atom stereocenters. The summed E-state index contributed by atoms with van der Waals surface area (Å²) in [7, 11) is 2.10. The predicted molar refractivity (Wildman–Crippen MR) is 74.9 cm³/mol. The summed E-state index contributed by atoms with van der Waals surface area (Å²) < 4.78 is 2.19. The third-order valence-electron chi connectivity index (χ3n) is 3.64. The highest BCUT2D eigenvalue weighted by molar-refractivity contribution is 5.29. The average molecular weight is 257 g/mol. The molecule has 0 amide bonds. The molecular formula is C14H19N5. The van der Waals surface area contributed by atoms with Gasteiger partial charge in [0.05, 0.1) is 0 Å². The Morgan fingerprint density at radius 2 is 1.79 bits per heavy atom. The summed E-state index contributed by atoms with van der Waals surface area (Å²) in [6.07, 6.45) is 5.71. The van der Waals surface area contributed by atoms with E-state index < -0.39 is 0 Å². The van der Waals surface area contributed by atoms with E-state index in [1.54, 1.807) is 12.4 Å². The second-order valence-electron chi connectivity index (χ2n) is 4.92. The van der Waals surface area contributed by atoms with Crippen molar-refractivity contribution < 1.29 is 0 Å². The summed E-state index contributed by atoms with van der Waals surface area (Å²) in [6, 6.07) is 6.14. The van der Waals surface area contributed by atoms with Gasteiger partial charge in [0.1, 0.15) is 0 Å². The van der Waals surface area contributed by atoms with Gasteiger partial charge >= 0.3 is 0 Å². The standard InChI is InChI=1S/C14H19N5/c1-17-7-2-4-13(17)12-18-8-10-19(11-9-18)14-15-5-3-6-16-14/h2-7H,8-12H2,1H3. The first-order chi connectivity index (χ1) is 9.33. The van der Waals surface area contributed by atoms with Crippen LogP contribution in [0.3, 0.4) is 0 Å². The van der Waals surface area contributed by atoms with E-state index in [4.69, 9.17) is 0 Å². The summed E-state index contributed by atoms with van der Waals surface area (Å²) in [5.74, 6) is 0.848. The fraction of sp³-hybridized carbons (Fsp3) is 0.429. The van der Waals surface area contributed by atoms with Gasteiger partial charge < -0.3 is 9.47 Å². The van der Waals surface area contributed by atoms with Crippen molar-refractivity contribution in [3.8, 4) is 0 Å². The molecule has 0 aliphatic carbocycles. The average Bonchev–Trinajstić information content (AvgIpc) is 2.86. The Balaban J connectivity index is 1.57. The lowest BCUT2D eigenvalue weighted by molar-refractivity contribution is 0.244. The van der Waals surface area contributed by atoms with Crippen LogP contribution in [0.1, 0.15) is 5.69 Å². The maximum atomic E-state index is 4.31. The summed E-state index contributed by atoms with van der Waals surface area (Å²) in [5, 5.41) is 0. The van der Waals surface area contributed by atoms with E-state index in [9.17, 15) is 0 Å². The molecule has 2 aromatic heterocycles. The van der Waals surface area contributed by atoms with Crippen molar-refractivity contribution >= 4 is 5.95 Å². The van der Waals surface area contributed by atoms with E-state index in [-0.39, 0.29) is 0 Å². The molecule has 0 radical (unpaired) electrons. The zero-order valence-electron chi connectivity index (χ0n) is 11.2. The summed E-state index contributed by atoms with van der Waals surface area (Å²) >= 11 is 0. The molecule has 3 heterocycles. The number of rotatable bonds is 3. The lowest BCUT2D eigenvalue weighted by atomic mass is 10.3. The molecule has 19 heavy (non-hydrogen) atoms. The van der Waals surface area contributed by atoms with Gasteiger partial charge in [0, 0.05) is 64.1 Å². The first kappa shape index (κ1) is 12.2. The topological polar surface area (TPSA) is 37.2 Å². The molecule has 1 aliphatic rings. The van der Waals surface area contributed by atoms with Gasteiger partial charge in [0.25, 0.3) is 0 Å². The smallest absolute Gasteiger partial charge is 0.225 e. The third-order valence-corrected chi connectivity index (χ3v) is 3.64. The summed E-state index contributed by atoms with van der Waals surface area (Å²) in [4.78, 5) is 13.4. The molecule has 1 aliphatic heterocycles. The van der Waals surface area contributed by atoms with Crippen molar-refractivity contribution in [1.82, 2.24) is 19.4 Å². The van der Waals surface area contributed by atoms with Crippen molar-refractivity contribution in [2.45, 2.75) is 6.54 Å². The van der Waals surface area contributed by atoms with E-state index >= 15 is 0 Å². The zero-order chi connectivity index (χ0) is 13.1. The number of aromatic nitrogens is 3. The molecule has 5 nitrogen and oxygen atoms in total. The molecule has 1 saturated heterocycles. The van der Waals surface area contributed by atoms with Crippen LogP contribution in [0.5, 0.6) is 0 Å². The Morgan fingerprint density at radius 3 is 2.42 bits per heavy atom. The number of nitrogens with zero attached hydrogens (tertiary/aromatic N) is 5. The van der Waals surface area contributed by atoms with Gasteiger partial charge in [-0.05, 0) is 18.2 Å². The van der Waals surface area contributed by atoms with Gasteiger partial charge in [-0.3, -0.25) is 4.90 Å². The Kier molecular flexibility index (Phi) is 3.46. The highest BCUT2D eigenvalue weighted by Crippen LogP contribution is 2.12. The van der Waals surface area contributed by atoms with E-state index in [1.807, 2.05) is 6.07 Å². The van der Waals surface area contributed by atoms with Crippen LogP contribution in [-0.4, -0.2) is 45.6 Å². The maximum Gasteiger partial charge on any atom is 0.225 e. The molecule has 5 heteroatoms. The van der Waals surface area contributed by atoms with Crippen molar-refractivity contribution in [3.63, 3.8) is 0 Å². The molecule has 100 valence electrons. The number of aryl methyl sites for hydroxylation is 1. The molecular weight excluding hydrogens is 238 g/mol. The van der Waals surface area contributed by atoms with Crippen molar-refractivity contribution in [3.05, 3.63) is 42.5 Å². The van der Waals surface area contributed by atoms with Crippen LogP contribution in [0.15, 0.2) is 36.8 Å². The minimum atomic E-state index is 0.848. The van der Waals surface area contributed by atoms with Gasteiger partial charge in [-0.15, -0.1) is 0 Å². The SMILES string of the molecule is Cn1cccc1CN1CCN(c2ncccn2)CC1. The number of hydrogen-bond acceptors (Lipinski definition) is 4. The Hall–Kier alpha value is -1.88. The molecule has 0 N–H and O–H groups in total. The monoisotopic (exact) mass is 257 g/mol. The van der Waals surface area contributed by atoms with Gasteiger partial charge in [-0.25, -0.2) is 9.97 Å². The minimum Gasteiger partial charge on any atom is -0.353 e. The van der Waals surface area contributed by atoms with Gasteiger partial charge in [0.2, 0.25) is 5.95 Å². The fourth-order valence-corrected chi connectivity index (χ4v) is 2.45. The molecule has 1 fully saturated rings. The minimum absolute atomic E-state index is 0.848. The normalized spacial score (nSPS) is 16.8. The van der Waals surface area contributed by atoms with Crippen LogP contribution >= 0.6 is 0 Å². The highest BCUT2D eigenvalue weighted by Gasteiger charge is 2.19. The Labute approximate surface area is 113 Å². The fourth-order valence-electron chi connectivity index (χ4n) is 2.45. The highest BCUT2D eigenvalue weighted by atomic mass is 15.3. The largest absolute Gasteiger partial charge is 0.353 e. The van der Waals surface area contributed by atoms with Gasteiger partial charge in [-0.2, -0.15) is 0 Å². The first-order valence-corrected chi connectivity index (χ1v) is 6.67. The molecule has 2 aromatic rings. The predicted octanol–water partition coefficient (Wildman–Crippen LogP) is 1.14. The molecule has 0 spiro atoms. The van der Waals surface area contributed by atoms with E-state index in [1.165, 1.54) is 5.69 Å². The lowest BCUT2D eigenvalue weighted by Crippen LogP contribution is -2.46. The Morgan fingerprint density at radius 1 is 1.05 bits per heavy atom. The first-order valence-electron chi connectivity index (χ1n) is 6.67. The zero-order valence-corrected chi connectivity index (χ0v) is 11.2. The van der Waals surface area contributed by atoms with Gasteiger partial charge in [-0.1, -0.05) is 0 Å². The maximum absolute atomic E-state index is 4.31. The number of piperazine rings is 1. The third kappa shape index (κ3) is 2.76. The molecule has 0 saturated carbocycles. The molecule has 3 rings (SSSR count). The lowest BCUT2D eigenvalue weighted by Gasteiger charge is -2.34. The van der Waals surface area contributed by atoms with E-state index in [0.29, 0.717) is 0 Å². The van der Waals surface area contributed by atoms with Crippen LogP contribution < -0.4 is 4.90 Å². The number of hydrogen-bond donors (Lipinski definition) is 0. The second-order valence-corrected chi connectivity index (χ2v) is 4.92. The van der Waals surface area contributed by atoms with Crippen LogP contribution in [0.2, 0.25) is 0 Å². The van der Waals surface area contributed by atoms with Crippen LogP contribution in [0.25, 0.3) is 0 Å². The molecule has 0 aromatic carbocycles. The Bertz CT molecular complexity index is 514.